The van der Waals surface area contributed by atoms with Crippen molar-refractivity contribution in [3.05, 3.63) is 29.3 Å². The molecule has 1 aromatic rings. The van der Waals surface area contributed by atoms with Gasteiger partial charge in [-0.3, -0.25) is 24.6 Å². The van der Waals surface area contributed by atoms with Crippen LogP contribution in [0.1, 0.15) is 88.1 Å². The number of fused-ring (bicyclic) bond motifs is 1. The number of hydrogen-bond donors (Lipinski definition) is 1. The summed E-state index contributed by atoms with van der Waals surface area (Å²) in [6, 6.07) is 5.43. The van der Waals surface area contributed by atoms with Crippen molar-refractivity contribution in [2.75, 3.05) is 26.2 Å². The summed E-state index contributed by atoms with van der Waals surface area (Å²) in [6.45, 7) is 9.79. The van der Waals surface area contributed by atoms with Crippen LogP contribution < -0.4 is 10.1 Å². The van der Waals surface area contributed by atoms with Gasteiger partial charge in [-0.25, -0.2) is 4.79 Å². The van der Waals surface area contributed by atoms with Crippen LogP contribution >= 0.6 is 0 Å². The van der Waals surface area contributed by atoms with Gasteiger partial charge in [0.1, 0.15) is 23.5 Å². The van der Waals surface area contributed by atoms with Gasteiger partial charge in [0.05, 0.1) is 0 Å². The molecule has 3 saturated heterocycles. The number of nitrogens with one attached hydrogen (secondary N) is 1. The van der Waals surface area contributed by atoms with Gasteiger partial charge in [-0.1, -0.05) is 6.42 Å². The Bertz CT molecular complexity index is 1230. The molecule has 4 fully saturated rings. The van der Waals surface area contributed by atoms with E-state index in [0.29, 0.717) is 36.4 Å². The summed E-state index contributed by atoms with van der Waals surface area (Å²) in [6.07, 6.45) is 7.08. The predicted octanol–water partition coefficient (Wildman–Crippen LogP) is 3.72. The highest BCUT2D eigenvalue weighted by molar-refractivity contribution is 6.05. The van der Waals surface area contributed by atoms with Crippen LogP contribution in [0.5, 0.6) is 5.75 Å². The summed E-state index contributed by atoms with van der Waals surface area (Å²) in [5.74, 6) is 1.24. The summed E-state index contributed by atoms with van der Waals surface area (Å²) in [4.78, 5) is 55.5. The van der Waals surface area contributed by atoms with E-state index in [1.54, 1.807) is 4.90 Å². The molecule has 0 bridgehead atoms. The fraction of sp³-hybridized carbons (Fsp3) is 0.688. The Labute approximate surface area is 248 Å². The molecule has 10 heteroatoms. The van der Waals surface area contributed by atoms with E-state index in [1.165, 1.54) is 6.42 Å². The Balaban J connectivity index is 1.02. The zero-order valence-electron chi connectivity index (χ0n) is 25.1. The largest absolute Gasteiger partial charge is 0.489 e. The molecule has 1 aromatic carbocycles. The highest BCUT2D eigenvalue weighted by Crippen LogP contribution is 2.38. The highest BCUT2D eigenvalue weighted by Gasteiger charge is 2.43. The van der Waals surface area contributed by atoms with E-state index in [2.05, 4.69) is 10.2 Å². The molecule has 5 aliphatic rings. The topological polar surface area (TPSA) is 108 Å². The third-order valence-electron chi connectivity index (χ3n) is 9.72. The van der Waals surface area contributed by atoms with Crippen LogP contribution in [-0.2, 0) is 20.9 Å². The molecule has 228 valence electrons. The molecule has 6 rings (SSSR count). The lowest BCUT2D eigenvalue weighted by Crippen LogP contribution is -2.60. The normalized spacial score (nSPS) is 27.9. The first-order valence-electron chi connectivity index (χ1n) is 15.7. The van der Waals surface area contributed by atoms with Crippen molar-refractivity contribution in [1.82, 2.24) is 20.0 Å². The van der Waals surface area contributed by atoms with Gasteiger partial charge < -0.3 is 19.3 Å². The monoisotopic (exact) mass is 580 g/mol. The van der Waals surface area contributed by atoms with E-state index < -0.39 is 17.6 Å². The van der Waals surface area contributed by atoms with Crippen molar-refractivity contribution in [2.24, 2.45) is 11.8 Å². The van der Waals surface area contributed by atoms with E-state index in [4.69, 9.17) is 9.47 Å². The minimum atomic E-state index is -0.612. The van der Waals surface area contributed by atoms with Gasteiger partial charge in [-0.15, -0.1) is 0 Å². The standard InChI is InChI=1S/C32H44N4O6/c1-32(2,3)42-31(40)34-14-12-20(13-15-34)22-17-35(18-22)25-6-4-5-7-27(25)41-23-8-9-24-21(16-23)19-36(30(24)39)26-10-11-28(37)33-29(26)38/h8-9,16,20,22,25-27H,4-7,10-15,17-19H2,1-3H3,(H,33,37,38)/t25-,26?,27-/m1/s1. The fourth-order valence-corrected chi connectivity index (χ4v) is 7.43. The number of rotatable bonds is 5. The van der Waals surface area contributed by atoms with Crippen LogP contribution in [0.15, 0.2) is 18.2 Å². The third-order valence-corrected chi connectivity index (χ3v) is 9.72. The molecule has 4 aliphatic heterocycles. The van der Waals surface area contributed by atoms with Crippen LogP contribution in [0, 0.1) is 11.8 Å². The Morgan fingerprint density at radius 2 is 1.69 bits per heavy atom. The van der Waals surface area contributed by atoms with Crippen LogP contribution in [0.2, 0.25) is 0 Å². The molecule has 0 radical (unpaired) electrons. The zero-order chi connectivity index (χ0) is 29.6. The Hall–Kier alpha value is -3.14. The van der Waals surface area contributed by atoms with E-state index >= 15 is 0 Å². The predicted molar refractivity (Wildman–Crippen MR) is 155 cm³/mol. The third kappa shape index (κ3) is 6.00. The molecule has 4 heterocycles. The quantitative estimate of drug-likeness (QED) is 0.529. The van der Waals surface area contributed by atoms with Crippen LogP contribution in [0.4, 0.5) is 4.79 Å². The smallest absolute Gasteiger partial charge is 0.410 e. The van der Waals surface area contributed by atoms with Crippen molar-refractivity contribution in [1.29, 1.82) is 0 Å². The molecule has 1 aliphatic carbocycles. The maximum absolute atomic E-state index is 13.1. The summed E-state index contributed by atoms with van der Waals surface area (Å²) in [5, 5.41) is 2.36. The van der Waals surface area contributed by atoms with Gasteiger partial charge in [0.15, 0.2) is 0 Å². The van der Waals surface area contributed by atoms with Gasteiger partial charge in [-0.05, 0) is 94.9 Å². The first-order valence-corrected chi connectivity index (χ1v) is 15.7. The Morgan fingerprint density at radius 1 is 0.952 bits per heavy atom. The highest BCUT2D eigenvalue weighted by atomic mass is 16.6. The van der Waals surface area contributed by atoms with E-state index in [-0.39, 0.29) is 30.4 Å². The maximum Gasteiger partial charge on any atom is 0.410 e. The van der Waals surface area contributed by atoms with Gasteiger partial charge in [0.25, 0.3) is 5.91 Å². The number of carbonyl (C=O) groups excluding carboxylic acids is 4. The number of carbonyl (C=O) groups is 4. The molecule has 0 aromatic heterocycles. The molecule has 1 unspecified atom stereocenters. The van der Waals surface area contributed by atoms with Gasteiger partial charge in [0.2, 0.25) is 11.8 Å². The minimum absolute atomic E-state index is 0.107. The molecule has 3 atom stereocenters. The second-order valence-corrected chi connectivity index (χ2v) is 13.7. The zero-order valence-corrected chi connectivity index (χ0v) is 25.1. The summed E-state index contributed by atoms with van der Waals surface area (Å²) in [5.41, 5.74) is 1.01. The SMILES string of the molecule is CC(C)(C)OC(=O)N1CCC(C2CN([C@@H]3CCCC[C@H]3Oc3ccc4c(c3)CN(C3CCC(=O)NC3=O)C4=O)C2)CC1. The Kier molecular flexibility index (Phi) is 7.93. The second-order valence-electron chi connectivity index (χ2n) is 13.7. The second kappa shape index (κ2) is 11.5. The van der Waals surface area contributed by atoms with E-state index in [9.17, 15) is 19.2 Å². The van der Waals surface area contributed by atoms with E-state index in [1.807, 2.05) is 43.9 Å². The van der Waals surface area contributed by atoms with Gasteiger partial charge in [0, 0.05) is 50.7 Å². The van der Waals surface area contributed by atoms with Crippen molar-refractivity contribution < 1.29 is 28.7 Å². The lowest BCUT2D eigenvalue weighted by atomic mass is 9.77. The van der Waals surface area contributed by atoms with E-state index in [0.717, 1.165) is 69.6 Å². The molecule has 4 amide bonds. The molecule has 1 N–H and O–H groups in total. The first kappa shape index (κ1) is 29.0. The number of amides is 4. The number of ether oxygens (including phenoxy) is 2. The van der Waals surface area contributed by atoms with Gasteiger partial charge in [-0.2, -0.15) is 0 Å². The number of imide groups is 1. The lowest BCUT2D eigenvalue weighted by Gasteiger charge is -2.51. The summed E-state index contributed by atoms with van der Waals surface area (Å²) in [7, 11) is 0. The fourth-order valence-electron chi connectivity index (χ4n) is 7.43. The van der Waals surface area contributed by atoms with Crippen molar-refractivity contribution >= 4 is 23.8 Å². The lowest BCUT2D eigenvalue weighted by molar-refractivity contribution is -0.136. The summed E-state index contributed by atoms with van der Waals surface area (Å²) < 4.78 is 12.2. The van der Waals surface area contributed by atoms with Crippen LogP contribution in [0.3, 0.4) is 0 Å². The number of likely N-dealkylation sites (tertiary alicyclic amines) is 2. The van der Waals surface area contributed by atoms with Crippen molar-refractivity contribution in [2.45, 2.75) is 102 Å². The summed E-state index contributed by atoms with van der Waals surface area (Å²) >= 11 is 0. The molecule has 42 heavy (non-hydrogen) atoms. The average Bonchev–Trinajstić information content (AvgIpc) is 3.23. The minimum Gasteiger partial charge on any atom is -0.489 e. The Morgan fingerprint density at radius 3 is 2.40 bits per heavy atom. The van der Waals surface area contributed by atoms with Crippen LogP contribution in [-0.4, -0.2) is 88.5 Å². The molecule has 1 saturated carbocycles. The van der Waals surface area contributed by atoms with Gasteiger partial charge >= 0.3 is 6.09 Å². The van der Waals surface area contributed by atoms with Crippen molar-refractivity contribution in [3.8, 4) is 5.75 Å². The van der Waals surface area contributed by atoms with Crippen molar-refractivity contribution in [3.63, 3.8) is 0 Å². The number of benzene rings is 1. The maximum atomic E-state index is 13.1. The first-order chi connectivity index (χ1) is 20.1. The average molecular weight is 581 g/mol. The molecular formula is C32H44N4O6. The molecule has 0 spiro atoms. The number of nitrogens with zero attached hydrogens (tertiary/aromatic N) is 3. The molecular weight excluding hydrogens is 536 g/mol. The molecule has 10 nitrogen and oxygen atoms in total. The van der Waals surface area contributed by atoms with Crippen LogP contribution in [0.25, 0.3) is 0 Å². The number of piperidine rings is 2. The number of hydrogen-bond acceptors (Lipinski definition) is 7.